The van der Waals surface area contributed by atoms with Gasteiger partial charge in [0.05, 0.1) is 19.8 Å². The Kier molecular flexibility index (Phi) is 7.63. The first-order valence-corrected chi connectivity index (χ1v) is 6.30. The summed E-state index contributed by atoms with van der Waals surface area (Å²) in [6.07, 6.45) is 2.30. The third kappa shape index (κ3) is 6.41. The van der Waals surface area contributed by atoms with E-state index < -0.39 is 0 Å². The molecule has 1 rings (SSSR count). The summed E-state index contributed by atoms with van der Waals surface area (Å²) in [6, 6.07) is 8.17. The van der Waals surface area contributed by atoms with E-state index in [1.807, 2.05) is 12.1 Å². The fourth-order valence-electron chi connectivity index (χ4n) is 1.50. The van der Waals surface area contributed by atoms with Gasteiger partial charge in [0.2, 0.25) is 0 Å². The third-order valence-electron chi connectivity index (χ3n) is 2.51. The first-order valence-electron chi connectivity index (χ1n) is 6.30. The van der Waals surface area contributed by atoms with Crippen LogP contribution >= 0.6 is 0 Å². The molecule has 3 heteroatoms. The summed E-state index contributed by atoms with van der Waals surface area (Å²) in [4.78, 5) is 0. The first-order chi connectivity index (χ1) is 8.36. The minimum Gasteiger partial charge on any atom is -0.379 e. The number of unbranched alkanes of at least 4 members (excludes halogenated alkanes) is 1. The number of hydrogen-bond donors (Lipinski definition) is 1. The summed E-state index contributed by atoms with van der Waals surface area (Å²) in [5.41, 5.74) is 7.89. The van der Waals surface area contributed by atoms with E-state index in [4.69, 9.17) is 15.2 Å². The van der Waals surface area contributed by atoms with Crippen molar-refractivity contribution in [3.05, 3.63) is 35.4 Å². The van der Waals surface area contributed by atoms with E-state index in [1.165, 1.54) is 12.0 Å². The molecule has 0 bridgehead atoms. The second-order valence-corrected chi connectivity index (χ2v) is 4.04. The molecule has 1 aromatic carbocycles. The largest absolute Gasteiger partial charge is 0.379 e. The van der Waals surface area contributed by atoms with Crippen molar-refractivity contribution >= 4 is 0 Å². The number of benzene rings is 1. The molecule has 0 spiro atoms. The zero-order chi connectivity index (χ0) is 12.3. The Bertz CT molecular complexity index is 302. The monoisotopic (exact) mass is 237 g/mol. The molecule has 0 saturated heterocycles. The minimum absolute atomic E-state index is 0.577. The van der Waals surface area contributed by atoms with Crippen LogP contribution in [0.2, 0.25) is 0 Å². The zero-order valence-corrected chi connectivity index (χ0v) is 10.7. The number of rotatable bonds is 9. The zero-order valence-electron chi connectivity index (χ0n) is 10.7. The summed E-state index contributed by atoms with van der Waals surface area (Å²) in [5.74, 6) is 0. The Hall–Kier alpha value is -0.900. The maximum absolute atomic E-state index is 5.58. The SMILES string of the molecule is CCCCOCCOCc1cccc(CN)c1. The lowest BCUT2D eigenvalue weighted by Crippen LogP contribution is -2.05. The van der Waals surface area contributed by atoms with Crippen LogP contribution in [0.5, 0.6) is 0 Å². The lowest BCUT2D eigenvalue weighted by atomic mass is 10.1. The molecule has 0 heterocycles. The average molecular weight is 237 g/mol. The van der Waals surface area contributed by atoms with Crippen LogP contribution in [-0.2, 0) is 22.6 Å². The van der Waals surface area contributed by atoms with Crippen LogP contribution in [0.1, 0.15) is 30.9 Å². The first kappa shape index (κ1) is 14.2. The van der Waals surface area contributed by atoms with Crippen molar-refractivity contribution in [3.8, 4) is 0 Å². The van der Waals surface area contributed by atoms with Gasteiger partial charge in [-0.05, 0) is 17.5 Å². The van der Waals surface area contributed by atoms with Gasteiger partial charge in [0.1, 0.15) is 0 Å². The van der Waals surface area contributed by atoms with E-state index in [0.29, 0.717) is 26.4 Å². The van der Waals surface area contributed by atoms with E-state index in [1.54, 1.807) is 0 Å². The van der Waals surface area contributed by atoms with Gasteiger partial charge < -0.3 is 15.2 Å². The van der Waals surface area contributed by atoms with E-state index in [9.17, 15) is 0 Å². The molecule has 0 radical (unpaired) electrons. The molecule has 0 atom stereocenters. The van der Waals surface area contributed by atoms with Gasteiger partial charge >= 0.3 is 0 Å². The summed E-state index contributed by atoms with van der Waals surface area (Å²) in [6.45, 7) is 5.53. The van der Waals surface area contributed by atoms with Gasteiger partial charge in [0.15, 0.2) is 0 Å². The molecule has 2 N–H and O–H groups in total. The van der Waals surface area contributed by atoms with Crippen molar-refractivity contribution in [1.82, 2.24) is 0 Å². The molecule has 0 aromatic heterocycles. The highest BCUT2D eigenvalue weighted by Gasteiger charge is 1.95. The molecular weight excluding hydrogens is 214 g/mol. The fraction of sp³-hybridized carbons (Fsp3) is 0.571. The van der Waals surface area contributed by atoms with Gasteiger partial charge in [-0.2, -0.15) is 0 Å². The van der Waals surface area contributed by atoms with Gasteiger partial charge in [-0.25, -0.2) is 0 Å². The molecule has 0 saturated carbocycles. The Morgan fingerprint density at radius 3 is 2.59 bits per heavy atom. The van der Waals surface area contributed by atoms with Crippen LogP contribution in [0.4, 0.5) is 0 Å². The molecule has 0 unspecified atom stereocenters. The Labute approximate surface area is 104 Å². The highest BCUT2D eigenvalue weighted by atomic mass is 16.5. The van der Waals surface area contributed by atoms with Crippen LogP contribution in [0.3, 0.4) is 0 Å². The molecule has 0 aliphatic carbocycles. The topological polar surface area (TPSA) is 44.5 Å². The maximum atomic E-state index is 5.58. The minimum atomic E-state index is 0.577. The Morgan fingerprint density at radius 2 is 1.82 bits per heavy atom. The van der Waals surface area contributed by atoms with Crippen LogP contribution in [-0.4, -0.2) is 19.8 Å². The van der Waals surface area contributed by atoms with Crippen LogP contribution in [0, 0.1) is 0 Å². The lowest BCUT2D eigenvalue weighted by molar-refractivity contribution is 0.0396. The van der Waals surface area contributed by atoms with Gasteiger partial charge in [-0.3, -0.25) is 0 Å². The van der Waals surface area contributed by atoms with Gasteiger partial charge in [0, 0.05) is 13.2 Å². The molecule has 17 heavy (non-hydrogen) atoms. The maximum Gasteiger partial charge on any atom is 0.0718 e. The van der Waals surface area contributed by atoms with Crippen LogP contribution in [0.25, 0.3) is 0 Å². The highest BCUT2D eigenvalue weighted by Crippen LogP contribution is 2.05. The number of nitrogens with two attached hydrogens (primary N) is 1. The summed E-state index contributed by atoms with van der Waals surface area (Å²) < 4.78 is 10.9. The van der Waals surface area contributed by atoms with E-state index >= 15 is 0 Å². The molecule has 96 valence electrons. The second-order valence-electron chi connectivity index (χ2n) is 4.04. The van der Waals surface area contributed by atoms with Crippen LogP contribution < -0.4 is 5.73 Å². The normalized spacial score (nSPS) is 10.7. The summed E-state index contributed by atoms with van der Waals surface area (Å²) in [7, 11) is 0. The fourth-order valence-corrected chi connectivity index (χ4v) is 1.50. The molecule has 0 aliphatic rings. The van der Waals surface area contributed by atoms with Crippen molar-refractivity contribution in [2.45, 2.75) is 32.9 Å². The molecule has 0 fully saturated rings. The smallest absolute Gasteiger partial charge is 0.0718 e. The van der Waals surface area contributed by atoms with Crippen LogP contribution in [0.15, 0.2) is 24.3 Å². The van der Waals surface area contributed by atoms with Crippen molar-refractivity contribution in [3.63, 3.8) is 0 Å². The van der Waals surface area contributed by atoms with E-state index in [-0.39, 0.29) is 0 Å². The molecule has 1 aromatic rings. The third-order valence-corrected chi connectivity index (χ3v) is 2.51. The highest BCUT2D eigenvalue weighted by molar-refractivity contribution is 5.22. The predicted molar refractivity (Wildman–Crippen MR) is 69.7 cm³/mol. The number of hydrogen-bond acceptors (Lipinski definition) is 3. The Morgan fingerprint density at radius 1 is 1.06 bits per heavy atom. The van der Waals surface area contributed by atoms with Crippen molar-refractivity contribution in [2.75, 3.05) is 19.8 Å². The molecule has 0 aliphatic heterocycles. The van der Waals surface area contributed by atoms with E-state index in [0.717, 1.165) is 18.6 Å². The van der Waals surface area contributed by atoms with E-state index in [2.05, 4.69) is 19.1 Å². The van der Waals surface area contributed by atoms with Gasteiger partial charge in [-0.1, -0.05) is 37.6 Å². The van der Waals surface area contributed by atoms with Crippen molar-refractivity contribution < 1.29 is 9.47 Å². The standard InChI is InChI=1S/C14H23NO2/c1-2-3-7-16-8-9-17-12-14-6-4-5-13(10-14)11-15/h4-6,10H,2-3,7-9,11-12,15H2,1H3. The second kappa shape index (κ2) is 9.16. The summed E-state index contributed by atoms with van der Waals surface area (Å²) >= 11 is 0. The van der Waals surface area contributed by atoms with Gasteiger partial charge in [-0.15, -0.1) is 0 Å². The Balaban J connectivity index is 2.09. The number of ether oxygens (including phenoxy) is 2. The molecule has 3 nitrogen and oxygen atoms in total. The molecular formula is C14H23NO2. The predicted octanol–water partition coefficient (Wildman–Crippen LogP) is 2.48. The molecule has 0 amide bonds. The van der Waals surface area contributed by atoms with Gasteiger partial charge in [0.25, 0.3) is 0 Å². The van der Waals surface area contributed by atoms with Crippen molar-refractivity contribution in [1.29, 1.82) is 0 Å². The average Bonchev–Trinajstić information content (AvgIpc) is 2.38. The summed E-state index contributed by atoms with van der Waals surface area (Å²) in [5, 5.41) is 0. The lowest BCUT2D eigenvalue weighted by Gasteiger charge is -2.06. The quantitative estimate of drug-likeness (QED) is 0.671. The van der Waals surface area contributed by atoms with Crippen molar-refractivity contribution in [2.24, 2.45) is 5.73 Å².